The second kappa shape index (κ2) is 4.39. The van der Waals surface area contributed by atoms with Crippen molar-refractivity contribution in [1.29, 1.82) is 0 Å². The molecule has 1 spiro atoms. The van der Waals surface area contributed by atoms with Crippen molar-refractivity contribution in [2.45, 2.75) is 44.8 Å². The van der Waals surface area contributed by atoms with E-state index in [1.807, 2.05) is 7.05 Å². The summed E-state index contributed by atoms with van der Waals surface area (Å²) >= 11 is 0. The third-order valence-corrected chi connectivity index (χ3v) is 4.86. The molecule has 1 aliphatic heterocycles. The normalized spacial score (nSPS) is 30.0. The number of hydrogen-bond donors (Lipinski definition) is 0. The zero-order chi connectivity index (χ0) is 13.6. The lowest BCUT2D eigenvalue weighted by atomic mass is 10.0. The fourth-order valence-electron chi connectivity index (χ4n) is 3.54. The first-order valence-corrected chi connectivity index (χ1v) is 7.22. The number of rotatable bonds is 2. The summed E-state index contributed by atoms with van der Waals surface area (Å²) in [6, 6.07) is -0.0539. The van der Waals surface area contributed by atoms with Gasteiger partial charge in [-0.2, -0.15) is 0 Å². The summed E-state index contributed by atoms with van der Waals surface area (Å²) in [6.07, 6.45) is 5.84. The first kappa shape index (κ1) is 12.8. The molecule has 1 heterocycles. The molecular weight excluding hydrogens is 244 g/mol. The molecule has 5 heteroatoms. The Balaban J connectivity index is 1.71. The van der Waals surface area contributed by atoms with E-state index in [9.17, 15) is 9.59 Å². The lowest BCUT2D eigenvalue weighted by Crippen LogP contribution is -2.58. The summed E-state index contributed by atoms with van der Waals surface area (Å²) in [5.74, 6) is -0.0445. The number of urea groups is 1. The van der Waals surface area contributed by atoms with E-state index in [1.165, 1.54) is 0 Å². The van der Waals surface area contributed by atoms with Crippen LogP contribution in [0, 0.1) is 11.3 Å². The highest BCUT2D eigenvalue weighted by Crippen LogP contribution is 2.53. The topological polar surface area (TPSA) is 49.9 Å². The summed E-state index contributed by atoms with van der Waals surface area (Å²) in [5.41, 5.74) is -0.00826. The van der Waals surface area contributed by atoms with Crippen molar-refractivity contribution in [2.24, 2.45) is 11.3 Å². The number of ether oxygens (including phenoxy) is 1. The molecule has 2 saturated carbocycles. The summed E-state index contributed by atoms with van der Waals surface area (Å²) in [7, 11) is 3.55. The predicted octanol–water partition coefficient (Wildman–Crippen LogP) is 1.82. The van der Waals surface area contributed by atoms with Crippen LogP contribution in [0.25, 0.3) is 0 Å². The van der Waals surface area contributed by atoms with E-state index in [2.05, 4.69) is 0 Å². The smallest absolute Gasteiger partial charge is 0.322 e. The van der Waals surface area contributed by atoms with Gasteiger partial charge in [-0.25, -0.2) is 4.79 Å². The molecule has 0 aromatic rings. The summed E-state index contributed by atoms with van der Waals surface area (Å²) < 4.78 is 5.72. The molecule has 19 heavy (non-hydrogen) atoms. The van der Waals surface area contributed by atoms with E-state index >= 15 is 0 Å². The highest BCUT2D eigenvalue weighted by Gasteiger charge is 2.58. The van der Waals surface area contributed by atoms with E-state index in [-0.39, 0.29) is 29.6 Å². The zero-order valence-electron chi connectivity index (χ0n) is 11.7. The molecule has 0 N–H and O–H groups in total. The zero-order valence-corrected chi connectivity index (χ0v) is 11.7. The molecule has 1 saturated heterocycles. The maximum Gasteiger partial charge on any atom is 0.322 e. The monoisotopic (exact) mass is 266 g/mol. The summed E-state index contributed by atoms with van der Waals surface area (Å²) in [5, 5.41) is 0. The van der Waals surface area contributed by atoms with Crippen LogP contribution in [0.5, 0.6) is 0 Å². The van der Waals surface area contributed by atoms with Crippen LogP contribution in [0.2, 0.25) is 0 Å². The van der Waals surface area contributed by atoms with Crippen molar-refractivity contribution in [1.82, 2.24) is 9.80 Å². The Kier molecular flexibility index (Phi) is 2.95. The highest BCUT2D eigenvalue weighted by atomic mass is 16.6. The van der Waals surface area contributed by atoms with Crippen molar-refractivity contribution in [2.75, 3.05) is 20.6 Å². The molecular formula is C14H22N2O3. The van der Waals surface area contributed by atoms with Gasteiger partial charge in [-0.05, 0) is 25.7 Å². The summed E-state index contributed by atoms with van der Waals surface area (Å²) in [6.45, 7) is 0.707. The van der Waals surface area contributed by atoms with Crippen LogP contribution in [0.1, 0.15) is 38.5 Å². The van der Waals surface area contributed by atoms with Gasteiger partial charge in [0.1, 0.15) is 0 Å². The minimum atomic E-state index is -0.357. The maximum atomic E-state index is 12.2. The molecule has 3 aliphatic rings. The average molecular weight is 266 g/mol. The lowest BCUT2D eigenvalue weighted by molar-refractivity contribution is -0.171. The van der Waals surface area contributed by atoms with Gasteiger partial charge in [0, 0.05) is 26.1 Å². The van der Waals surface area contributed by atoms with Gasteiger partial charge in [-0.1, -0.05) is 12.8 Å². The molecule has 3 fully saturated rings. The van der Waals surface area contributed by atoms with Crippen LogP contribution in [-0.2, 0) is 9.53 Å². The Morgan fingerprint density at radius 2 is 1.89 bits per heavy atom. The van der Waals surface area contributed by atoms with Gasteiger partial charge in [-0.15, -0.1) is 0 Å². The molecule has 2 amide bonds. The van der Waals surface area contributed by atoms with Gasteiger partial charge in [0.15, 0.2) is 6.23 Å². The minimum absolute atomic E-state index is 0.00826. The number of esters is 1. The molecule has 3 rings (SSSR count). The SMILES string of the molecule is CN1CC2(CC2)C(OC(=O)C2CCCC2)N(C)C1=O. The molecule has 2 aliphatic carbocycles. The first-order chi connectivity index (χ1) is 9.03. The van der Waals surface area contributed by atoms with Crippen molar-refractivity contribution < 1.29 is 14.3 Å². The second-order valence-electron chi connectivity index (χ2n) is 6.38. The van der Waals surface area contributed by atoms with Crippen LogP contribution in [0.4, 0.5) is 4.79 Å². The van der Waals surface area contributed by atoms with Gasteiger partial charge in [0.2, 0.25) is 0 Å². The van der Waals surface area contributed by atoms with Crippen LogP contribution in [-0.4, -0.2) is 48.7 Å². The Morgan fingerprint density at radius 1 is 1.26 bits per heavy atom. The Bertz CT molecular complexity index is 399. The van der Waals surface area contributed by atoms with E-state index < -0.39 is 0 Å². The van der Waals surface area contributed by atoms with Gasteiger partial charge in [-0.3, -0.25) is 9.69 Å². The van der Waals surface area contributed by atoms with Crippen molar-refractivity contribution in [3.05, 3.63) is 0 Å². The standard InChI is InChI=1S/C14H22N2O3/c1-15-9-14(7-8-14)12(16(2)13(15)18)19-11(17)10-5-3-4-6-10/h10,12H,3-9H2,1-2H3. The van der Waals surface area contributed by atoms with E-state index in [0.717, 1.165) is 38.5 Å². The molecule has 0 radical (unpaired) electrons. The van der Waals surface area contributed by atoms with Crippen molar-refractivity contribution in [3.8, 4) is 0 Å². The molecule has 0 aromatic heterocycles. The molecule has 0 aromatic carbocycles. The van der Waals surface area contributed by atoms with Crippen LogP contribution >= 0.6 is 0 Å². The Hall–Kier alpha value is -1.26. The van der Waals surface area contributed by atoms with Crippen LogP contribution < -0.4 is 0 Å². The molecule has 5 nitrogen and oxygen atoms in total. The van der Waals surface area contributed by atoms with Gasteiger partial charge >= 0.3 is 12.0 Å². The molecule has 1 unspecified atom stereocenters. The second-order valence-corrected chi connectivity index (χ2v) is 6.38. The minimum Gasteiger partial charge on any atom is -0.441 e. The van der Waals surface area contributed by atoms with Gasteiger partial charge in [0.05, 0.1) is 5.92 Å². The van der Waals surface area contributed by atoms with Crippen molar-refractivity contribution >= 4 is 12.0 Å². The third-order valence-electron chi connectivity index (χ3n) is 4.86. The average Bonchev–Trinajstić information content (AvgIpc) is 2.93. The number of carbonyl (C=O) groups is 2. The van der Waals surface area contributed by atoms with E-state index in [4.69, 9.17) is 4.74 Å². The van der Waals surface area contributed by atoms with E-state index in [0.29, 0.717) is 6.54 Å². The first-order valence-electron chi connectivity index (χ1n) is 7.22. The Labute approximate surface area is 113 Å². The number of carbonyl (C=O) groups excluding carboxylic acids is 2. The summed E-state index contributed by atoms with van der Waals surface area (Å²) in [4.78, 5) is 27.5. The predicted molar refractivity (Wildman–Crippen MR) is 69.3 cm³/mol. The van der Waals surface area contributed by atoms with Crippen LogP contribution in [0.3, 0.4) is 0 Å². The largest absolute Gasteiger partial charge is 0.441 e. The number of nitrogens with zero attached hydrogens (tertiary/aromatic N) is 2. The highest BCUT2D eigenvalue weighted by molar-refractivity contribution is 5.77. The molecule has 0 bridgehead atoms. The lowest BCUT2D eigenvalue weighted by Gasteiger charge is -2.43. The number of hydrogen-bond acceptors (Lipinski definition) is 3. The third kappa shape index (κ3) is 2.09. The van der Waals surface area contributed by atoms with Crippen LogP contribution in [0.15, 0.2) is 0 Å². The van der Waals surface area contributed by atoms with E-state index in [1.54, 1.807) is 16.8 Å². The van der Waals surface area contributed by atoms with Gasteiger partial charge < -0.3 is 9.64 Å². The quantitative estimate of drug-likeness (QED) is 0.716. The fraction of sp³-hybridized carbons (Fsp3) is 0.857. The maximum absolute atomic E-state index is 12.2. The Morgan fingerprint density at radius 3 is 2.47 bits per heavy atom. The van der Waals surface area contributed by atoms with Crippen molar-refractivity contribution in [3.63, 3.8) is 0 Å². The molecule has 106 valence electrons. The fourth-order valence-corrected chi connectivity index (χ4v) is 3.54. The number of amides is 2. The van der Waals surface area contributed by atoms with Gasteiger partial charge in [0.25, 0.3) is 0 Å². The molecule has 1 atom stereocenters.